The van der Waals surface area contributed by atoms with Gasteiger partial charge in [0.1, 0.15) is 29.1 Å². The first-order valence-electron chi connectivity index (χ1n) is 12.7. The third-order valence-electron chi connectivity index (χ3n) is 5.95. The molecule has 11 heteroatoms. The fourth-order valence-electron chi connectivity index (χ4n) is 3.93. The Kier molecular flexibility index (Phi) is 9.98. The summed E-state index contributed by atoms with van der Waals surface area (Å²) in [5.74, 6) is -1.71. The minimum Gasteiger partial charge on any atom is -0.494 e. The van der Waals surface area contributed by atoms with E-state index in [1.54, 1.807) is 52.0 Å². The summed E-state index contributed by atoms with van der Waals surface area (Å²) in [5, 5.41) is 8.91. The SMILES string of the molecule is C[C@@H]1OC(c2ccc(OCCCO)cc2)=N[C@]1(CCC(=O)OC(C)(C)C)C(=O)NNCc1ccc(F)cc1F. The van der Waals surface area contributed by atoms with Crippen molar-refractivity contribution in [1.82, 2.24) is 10.9 Å². The number of hydrogen-bond donors (Lipinski definition) is 3. The highest BCUT2D eigenvalue weighted by Crippen LogP contribution is 2.34. The molecule has 39 heavy (non-hydrogen) atoms. The molecule has 1 heterocycles. The second-order valence-electron chi connectivity index (χ2n) is 10.2. The van der Waals surface area contributed by atoms with Crippen molar-refractivity contribution < 1.29 is 37.7 Å². The van der Waals surface area contributed by atoms with E-state index >= 15 is 0 Å². The van der Waals surface area contributed by atoms with Gasteiger partial charge in [0.05, 0.1) is 6.61 Å². The number of aliphatic imine (C=N–C) groups is 1. The van der Waals surface area contributed by atoms with E-state index in [-0.39, 0.29) is 37.5 Å². The highest BCUT2D eigenvalue weighted by Gasteiger charge is 2.50. The summed E-state index contributed by atoms with van der Waals surface area (Å²) < 4.78 is 44.2. The van der Waals surface area contributed by atoms with Gasteiger partial charge in [0.25, 0.3) is 5.91 Å². The number of ether oxygens (including phenoxy) is 3. The number of amides is 1. The van der Waals surface area contributed by atoms with Crippen molar-refractivity contribution in [2.45, 2.75) is 70.7 Å². The molecule has 2 aromatic carbocycles. The predicted octanol–water partition coefficient (Wildman–Crippen LogP) is 3.57. The molecule has 0 saturated heterocycles. The Balaban J connectivity index is 1.79. The number of benzene rings is 2. The van der Waals surface area contributed by atoms with Crippen LogP contribution in [0, 0.1) is 11.6 Å². The maximum Gasteiger partial charge on any atom is 0.306 e. The van der Waals surface area contributed by atoms with Crippen molar-refractivity contribution in [2.75, 3.05) is 13.2 Å². The molecule has 0 saturated carbocycles. The van der Waals surface area contributed by atoms with Crippen LogP contribution in [0.15, 0.2) is 47.5 Å². The van der Waals surface area contributed by atoms with Gasteiger partial charge in [-0.3, -0.25) is 15.0 Å². The minimum absolute atomic E-state index is 0.00659. The third kappa shape index (κ3) is 8.21. The molecule has 0 unspecified atom stereocenters. The van der Waals surface area contributed by atoms with Crippen LogP contribution in [-0.2, 0) is 25.6 Å². The molecule has 0 radical (unpaired) electrons. The highest BCUT2D eigenvalue weighted by molar-refractivity contribution is 6.00. The molecule has 1 aliphatic rings. The number of rotatable bonds is 12. The Hall–Kier alpha value is -3.57. The summed E-state index contributed by atoms with van der Waals surface area (Å²) in [6.07, 6.45) is -0.348. The van der Waals surface area contributed by atoms with Crippen LogP contribution in [0.2, 0.25) is 0 Å². The van der Waals surface area contributed by atoms with Gasteiger partial charge in [0, 0.05) is 43.2 Å². The number of nitrogens with one attached hydrogen (secondary N) is 2. The van der Waals surface area contributed by atoms with Crippen molar-refractivity contribution in [1.29, 1.82) is 0 Å². The van der Waals surface area contributed by atoms with Gasteiger partial charge in [-0.05, 0) is 64.4 Å². The second kappa shape index (κ2) is 13.0. The van der Waals surface area contributed by atoms with Gasteiger partial charge in [0.15, 0.2) is 5.54 Å². The first kappa shape index (κ1) is 30.0. The van der Waals surface area contributed by atoms with E-state index < -0.39 is 40.8 Å². The fourth-order valence-corrected chi connectivity index (χ4v) is 3.93. The van der Waals surface area contributed by atoms with Crippen molar-refractivity contribution in [2.24, 2.45) is 4.99 Å². The number of aliphatic hydroxyl groups is 1. The lowest BCUT2D eigenvalue weighted by Gasteiger charge is -2.28. The predicted molar refractivity (Wildman–Crippen MR) is 140 cm³/mol. The van der Waals surface area contributed by atoms with Crippen LogP contribution in [0.3, 0.4) is 0 Å². The maximum atomic E-state index is 14.0. The zero-order valence-corrected chi connectivity index (χ0v) is 22.6. The van der Waals surface area contributed by atoms with E-state index in [2.05, 4.69) is 15.8 Å². The van der Waals surface area contributed by atoms with E-state index in [0.717, 1.165) is 12.1 Å². The van der Waals surface area contributed by atoms with Crippen LogP contribution in [-0.4, -0.2) is 53.3 Å². The van der Waals surface area contributed by atoms with E-state index in [4.69, 9.17) is 19.3 Å². The molecule has 1 aliphatic heterocycles. The lowest BCUT2D eigenvalue weighted by atomic mass is 9.88. The van der Waals surface area contributed by atoms with E-state index in [0.29, 0.717) is 24.3 Å². The molecule has 2 atom stereocenters. The molecule has 2 aromatic rings. The van der Waals surface area contributed by atoms with Crippen LogP contribution in [0.5, 0.6) is 5.75 Å². The number of carbonyl (C=O) groups is 2. The molecule has 3 N–H and O–H groups in total. The van der Waals surface area contributed by atoms with Gasteiger partial charge in [-0.15, -0.1) is 0 Å². The lowest BCUT2D eigenvalue weighted by molar-refractivity contribution is -0.155. The first-order chi connectivity index (χ1) is 18.4. The normalized spacial score (nSPS) is 18.7. The molecule has 0 aromatic heterocycles. The number of esters is 1. The summed E-state index contributed by atoms with van der Waals surface area (Å²) in [6.45, 7) is 7.22. The number of hydrazine groups is 1. The number of aliphatic hydroxyl groups excluding tert-OH is 1. The smallest absolute Gasteiger partial charge is 0.306 e. The number of halogens is 2. The zero-order chi connectivity index (χ0) is 28.6. The largest absolute Gasteiger partial charge is 0.494 e. The van der Waals surface area contributed by atoms with E-state index in [1.807, 2.05) is 0 Å². The van der Waals surface area contributed by atoms with Crippen molar-refractivity contribution >= 4 is 17.8 Å². The number of carbonyl (C=O) groups excluding carboxylic acids is 2. The summed E-state index contributed by atoms with van der Waals surface area (Å²) in [7, 11) is 0. The van der Waals surface area contributed by atoms with Crippen molar-refractivity contribution in [3.63, 3.8) is 0 Å². The minimum atomic E-state index is -1.49. The fraction of sp³-hybridized carbons (Fsp3) is 0.464. The van der Waals surface area contributed by atoms with E-state index in [1.165, 1.54) is 6.07 Å². The molecule has 0 bridgehead atoms. The quantitative estimate of drug-likeness (QED) is 0.211. The average Bonchev–Trinajstić information content (AvgIpc) is 3.21. The van der Waals surface area contributed by atoms with Crippen LogP contribution in [0.1, 0.15) is 58.1 Å². The first-order valence-corrected chi connectivity index (χ1v) is 12.7. The molecular weight excluding hydrogens is 512 g/mol. The van der Waals surface area contributed by atoms with Gasteiger partial charge in [-0.1, -0.05) is 6.07 Å². The van der Waals surface area contributed by atoms with Crippen LogP contribution in [0.25, 0.3) is 0 Å². The van der Waals surface area contributed by atoms with E-state index in [9.17, 15) is 18.4 Å². The zero-order valence-electron chi connectivity index (χ0n) is 22.6. The van der Waals surface area contributed by atoms with Crippen molar-refractivity contribution in [3.05, 3.63) is 65.2 Å². The Morgan fingerprint density at radius 2 is 1.87 bits per heavy atom. The summed E-state index contributed by atoms with van der Waals surface area (Å²) in [5.41, 5.74) is 3.77. The molecule has 9 nitrogen and oxygen atoms in total. The summed E-state index contributed by atoms with van der Waals surface area (Å²) >= 11 is 0. The van der Waals surface area contributed by atoms with Gasteiger partial charge in [-0.25, -0.2) is 19.2 Å². The summed E-state index contributed by atoms with van der Waals surface area (Å²) in [4.78, 5) is 30.6. The monoisotopic (exact) mass is 547 g/mol. The van der Waals surface area contributed by atoms with Gasteiger partial charge < -0.3 is 19.3 Å². The Morgan fingerprint density at radius 3 is 2.51 bits per heavy atom. The molecule has 0 fully saturated rings. The van der Waals surface area contributed by atoms with Gasteiger partial charge >= 0.3 is 5.97 Å². The molecular formula is C28H35F2N3O6. The topological polar surface area (TPSA) is 118 Å². The van der Waals surface area contributed by atoms with Crippen LogP contribution >= 0.6 is 0 Å². The Morgan fingerprint density at radius 1 is 1.15 bits per heavy atom. The van der Waals surface area contributed by atoms with Crippen LogP contribution in [0.4, 0.5) is 8.78 Å². The van der Waals surface area contributed by atoms with Crippen molar-refractivity contribution in [3.8, 4) is 5.75 Å². The maximum absolute atomic E-state index is 14.0. The molecule has 1 amide bonds. The standard InChI is InChI=1S/C28H35F2N3O6/c1-18-28(13-12-24(35)39-27(2,3)4,26(36)33-31-17-20-6-9-21(29)16-23(20)30)32-25(38-18)19-7-10-22(11-8-19)37-15-5-14-34/h6-11,16,18,31,34H,5,12-15,17H2,1-4H3,(H,33,36)/t18-,28-/m0/s1. The van der Waals surface area contributed by atoms with Gasteiger partial charge in [-0.2, -0.15) is 0 Å². The average molecular weight is 548 g/mol. The molecule has 0 aliphatic carbocycles. The summed E-state index contributed by atoms with van der Waals surface area (Å²) in [6, 6.07) is 10.1. The van der Waals surface area contributed by atoms with Gasteiger partial charge in [0.2, 0.25) is 5.90 Å². The Labute approximate surface area is 226 Å². The second-order valence-corrected chi connectivity index (χ2v) is 10.2. The van der Waals surface area contributed by atoms with Crippen LogP contribution < -0.4 is 15.6 Å². The molecule has 3 rings (SSSR count). The lowest BCUT2D eigenvalue weighted by Crippen LogP contribution is -2.54. The number of hydrogen-bond acceptors (Lipinski definition) is 8. The Bertz CT molecular complexity index is 1180. The highest BCUT2D eigenvalue weighted by atomic mass is 19.1. The third-order valence-corrected chi connectivity index (χ3v) is 5.95. The molecule has 0 spiro atoms. The molecule has 212 valence electrons. The number of nitrogens with zero attached hydrogens (tertiary/aromatic N) is 1.